The van der Waals surface area contributed by atoms with Gasteiger partial charge in [-0.15, -0.1) is 12.4 Å². The van der Waals surface area contributed by atoms with E-state index >= 15 is 0 Å². The van der Waals surface area contributed by atoms with E-state index in [1.165, 1.54) is 26.9 Å². The summed E-state index contributed by atoms with van der Waals surface area (Å²) < 4.78 is 6.23. The van der Waals surface area contributed by atoms with Crippen LogP contribution in [0.15, 0.2) is 78.9 Å². The fraction of sp³-hybridized carbons (Fsp3) is 0.214. The highest BCUT2D eigenvalue weighted by molar-refractivity contribution is 6.24. The van der Waals surface area contributed by atoms with Crippen LogP contribution < -0.4 is 10.1 Å². The number of aliphatic hydroxyl groups excluding tert-OH is 2. The predicted octanol–water partition coefficient (Wildman–Crippen LogP) is 5.42. The first-order chi connectivity index (χ1) is 15.6. The molecule has 0 unspecified atom stereocenters. The van der Waals surface area contributed by atoms with Gasteiger partial charge in [-0.3, -0.25) is 0 Å². The van der Waals surface area contributed by atoms with Crippen molar-refractivity contribution in [3.63, 3.8) is 0 Å². The molecule has 0 aromatic heterocycles. The third-order valence-electron chi connectivity index (χ3n) is 6.36. The number of nitrogens with one attached hydrogen (secondary N) is 1. The predicted molar refractivity (Wildman–Crippen MR) is 138 cm³/mol. The van der Waals surface area contributed by atoms with Gasteiger partial charge in [-0.25, -0.2) is 0 Å². The van der Waals surface area contributed by atoms with Gasteiger partial charge < -0.3 is 20.3 Å². The number of halogens is 1. The normalized spacial score (nSPS) is 11.8. The van der Waals surface area contributed by atoms with E-state index in [2.05, 4.69) is 66.0 Å². The summed E-state index contributed by atoms with van der Waals surface area (Å²) in [5.41, 5.74) is 1.56. The Labute approximate surface area is 199 Å². The number of ether oxygens (including phenoxy) is 1. The number of hydrogen-bond acceptors (Lipinski definition) is 4. The first-order valence-corrected chi connectivity index (χ1v) is 10.9. The lowest BCUT2D eigenvalue weighted by Gasteiger charge is -2.27. The fourth-order valence-electron chi connectivity index (χ4n) is 4.32. The third-order valence-corrected chi connectivity index (χ3v) is 6.36. The molecule has 0 fully saturated rings. The highest BCUT2D eigenvalue weighted by atomic mass is 35.5. The molecule has 3 N–H and O–H groups in total. The number of hydrogen-bond donors (Lipinski definition) is 3. The molecular formula is C28H28ClNO3. The monoisotopic (exact) mass is 461 g/mol. The van der Waals surface area contributed by atoms with Gasteiger partial charge in [0.25, 0.3) is 0 Å². The second kappa shape index (κ2) is 9.54. The molecule has 0 bridgehead atoms. The van der Waals surface area contributed by atoms with Gasteiger partial charge in [-0.2, -0.15) is 0 Å². The Morgan fingerprint density at radius 3 is 2.06 bits per heavy atom. The zero-order valence-electron chi connectivity index (χ0n) is 18.5. The molecule has 4 nitrogen and oxygen atoms in total. The van der Waals surface area contributed by atoms with Gasteiger partial charge >= 0.3 is 0 Å². The molecule has 0 atom stereocenters. The fourth-order valence-corrected chi connectivity index (χ4v) is 4.32. The second-order valence-electron chi connectivity index (χ2n) is 8.72. The summed E-state index contributed by atoms with van der Waals surface area (Å²) in [6, 6.07) is 27.3. The van der Waals surface area contributed by atoms with Crippen molar-refractivity contribution in [2.45, 2.75) is 25.6 Å². The van der Waals surface area contributed by atoms with Crippen molar-refractivity contribution in [1.29, 1.82) is 0 Å². The average Bonchev–Trinajstić information content (AvgIpc) is 2.85. The van der Waals surface area contributed by atoms with Crippen LogP contribution in [-0.2, 0) is 13.2 Å². The van der Waals surface area contributed by atoms with Crippen molar-refractivity contribution in [2.75, 3.05) is 13.2 Å². The third kappa shape index (κ3) is 4.35. The molecule has 0 heterocycles. The van der Waals surface area contributed by atoms with Crippen LogP contribution in [0.3, 0.4) is 0 Å². The maximum atomic E-state index is 9.63. The molecular weight excluding hydrogens is 434 g/mol. The van der Waals surface area contributed by atoms with Gasteiger partial charge in [0.1, 0.15) is 12.4 Å². The lowest BCUT2D eigenvalue weighted by Crippen LogP contribution is -2.48. The topological polar surface area (TPSA) is 61.7 Å². The summed E-state index contributed by atoms with van der Waals surface area (Å²) in [5.74, 6) is 0.882. The Morgan fingerprint density at radius 2 is 1.36 bits per heavy atom. The maximum absolute atomic E-state index is 9.63. The first kappa shape index (κ1) is 23.3. The van der Waals surface area contributed by atoms with Crippen molar-refractivity contribution in [3.05, 3.63) is 90.0 Å². The van der Waals surface area contributed by atoms with Gasteiger partial charge in [0.2, 0.25) is 0 Å². The van der Waals surface area contributed by atoms with Crippen LogP contribution in [0.1, 0.15) is 18.1 Å². The smallest absolute Gasteiger partial charge is 0.127 e. The van der Waals surface area contributed by atoms with Gasteiger partial charge in [-0.05, 0) is 51.7 Å². The zero-order chi connectivity index (χ0) is 22.1. The van der Waals surface area contributed by atoms with E-state index in [1.807, 2.05) is 25.1 Å². The molecule has 0 amide bonds. The highest BCUT2D eigenvalue weighted by Crippen LogP contribution is 2.40. The van der Waals surface area contributed by atoms with Gasteiger partial charge in [0, 0.05) is 17.3 Å². The standard InChI is InChI=1S/C28H27NO3.ClH/c1-28(17-30,18-31)29-15-22-8-7-20-10-13-24-25(32-16-19-5-3-2-4-6-19)14-11-21-9-12-23(22)26(20)27(21)24;/h2-14,29-31H,15-18H2,1H3;1H. The minimum absolute atomic E-state index is 0. The molecule has 0 aliphatic carbocycles. The van der Waals surface area contributed by atoms with Crippen LogP contribution >= 0.6 is 12.4 Å². The summed E-state index contributed by atoms with van der Waals surface area (Å²) in [5, 5.41) is 29.6. The lowest BCUT2D eigenvalue weighted by molar-refractivity contribution is 0.103. The minimum atomic E-state index is -0.720. The molecule has 5 heteroatoms. The molecule has 5 rings (SSSR count). The Bertz CT molecular complexity index is 1370. The minimum Gasteiger partial charge on any atom is -0.488 e. The van der Waals surface area contributed by atoms with Gasteiger partial charge in [0.15, 0.2) is 0 Å². The molecule has 5 aromatic rings. The molecule has 33 heavy (non-hydrogen) atoms. The second-order valence-corrected chi connectivity index (χ2v) is 8.72. The summed E-state index contributed by atoms with van der Waals surface area (Å²) in [7, 11) is 0. The van der Waals surface area contributed by atoms with Crippen LogP contribution in [0.5, 0.6) is 5.75 Å². The summed E-state index contributed by atoms with van der Waals surface area (Å²) in [4.78, 5) is 0. The summed E-state index contributed by atoms with van der Waals surface area (Å²) in [6.07, 6.45) is 0. The van der Waals surface area contributed by atoms with Crippen LogP contribution in [0.4, 0.5) is 0 Å². The quantitative estimate of drug-likeness (QED) is 0.270. The zero-order valence-corrected chi connectivity index (χ0v) is 19.4. The van der Waals surface area contributed by atoms with E-state index in [4.69, 9.17) is 4.74 Å². The molecule has 5 aromatic carbocycles. The van der Waals surface area contributed by atoms with Crippen molar-refractivity contribution in [1.82, 2.24) is 5.32 Å². The Morgan fingerprint density at radius 1 is 0.758 bits per heavy atom. The van der Waals surface area contributed by atoms with Crippen molar-refractivity contribution < 1.29 is 14.9 Å². The summed E-state index contributed by atoms with van der Waals surface area (Å²) >= 11 is 0. The molecule has 0 spiro atoms. The van der Waals surface area contributed by atoms with Crippen LogP contribution in [0.2, 0.25) is 0 Å². The van der Waals surface area contributed by atoms with E-state index in [9.17, 15) is 10.2 Å². The molecule has 170 valence electrons. The van der Waals surface area contributed by atoms with E-state index in [0.717, 1.165) is 22.3 Å². The Balaban J connectivity index is 0.00000259. The van der Waals surface area contributed by atoms with Gasteiger partial charge in [-0.1, -0.05) is 66.7 Å². The van der Waals surface area contributed by atoms with Crippen molar-refractivity contribution >= 4 is 44.7 Å². The SMILES string of the molecule is CC(CO)(CO)NCc1ccc2ccc3c(OCc4ccccc4)ccc4ccc1c2c43.Cl. The van der Waals surface area contributed by atoms with Crippen molar-refractivity contribution in [3.8, 4) is 5.75 Å². The average molecular weight is 462 g/mol. The van der Waals surface area contributed by atoms with E-state index in [0.29, 0.717) is 13.2 Å². The molecule has 0 saturated heterocycles. The molecule has 0 radical (unpaired) electrons. The maximum Gasteiger partial charge on any atom is 0.127 e. The van der Waals surface area contributed by atoms with Crippen molar-refractivity contribution in [2.24, 2.45) is 0 Å². The largest absolute Gasteiger partial charge is 0.488 e. The lowest BCUT2D eigenvalue weighted by atomic mass is 9.91. The Hall–Kier alpha value is -2.89. The molecule has 0 aliphatic rings. The van der Waals surface area contributed by atoms with Gasteiger partial charge in [0.05, 0.1) is 18.8 Å². The van der Waals surface area contributed by atoms with E-state index in [-0.39, 0.29) is 25.6 Å². The molecule has 0 aliphatic heterocycles. The number of rotatable bonds is 8. The Kier molecular flexibility index (Phi) is 6.73. The summed E-state index contributed by atoms with van der Waals surface area (Å²) in [6.45, 7) is 2.65. The highest BCUT2D eigenvalue weighted by Gasteiger charge is 2.22. The first-order valence-electron chi connectivity index (χ1n) is 10.9. The van der Waals surface area contributed by atoms with Crippen LogP contribution in [0, 0.1) is 0 Å². The number of aliphatic hydroxyl groups is 2. The number of benzene rings is 5. The van der Waals surface area contributed by atoms with E-state index < -0.39 is 5.54 Å². The van der Waals surface area contributed by atoms with E-state index in [1.54, 1.807) is 0 Å². The van der Waals surface area contributed by atoms with Crippen LogP contribution in [-0.4, -0.2) is 29.0 Å². The molecule has 0 saturated carbocycles. The van der Waals surface area contributed by atoms with Crippen LogP contribution in [0.25, 0.3) is 32.3 Å².